The van der Waals surface area contributed by atoms with E-state index < -0.39 is 0 Å². The Bertz CT molecular complexity index is 1370. The number of hydrogen-bond acceptors (Lipinski definition) is 3. The van der Waals surface area contributed by atoms with Gasteiger partial charge in [0.1, 0.15) is 5.75 Å². The summed E-state index contributed by atoms with van der Waals surface area (Å²) in [5, 5.41) is 1.14. The molecule has 184 valence electrons. The highest BCUT2D eigenvalue weighted by molar-refractivity contribution is 5.94. The maximum Gasteiger partial charge on any atom is 0.253 e. The Kier molecular flexibility index (Phi) is 6.76. The second-order valence-corrected chi connectivity index (χ2v) is 9.29. The van der Waals surface area contributed by atoms with Gasteiger partial charge >= 0.3 is 0 Å². The number of carbonyl (C=O) groups is 2. The van der Waals surface area contributed by atoms with Crippen LogP contribution in [0.5, 0.6) is 5.75 Å². The molecule has 1 aromatic heterocycles. The average molecular weight is 482 g/mol. The van der Waals surface area contributed by atoms with E-state index >= 15 is 0 Å². The SMILES string of the molecule is COc1ccc(-c2[nH]c3ccccc3c2CCC(=O)N2CCN(C(=O)c3ccc(C)cc3)CC2)cc1. The summed E-state index contributed by atoms with van der Waals surface area (Å²) in [6.07, 6.45) is 1.07. The topological polar surface area (TPSA) is 65.6 Å². The summed E-state index contributed by atoms with van der Waals surface area (Å²) < 4.78 is 5.31. The number of fused-ring (bicyclic) bond motifs is 1. The fraction of sp³-hybridized carbons (Fsp3) is 0.267. The Labute approximate surface area is 211 Å². The number of para-hydroxylation sites is 1. The molecule has 0 bridgehead atoms. The molecular formula is C30H31N3O3. The second kappa shape index (κ2) is 10.3. The first-order chi connectivity index (χ1) is 17.5. The van der Waals surface area contributed by atoms with Gasteiger partial charge in [-0.1, -0.05) is 35.9 Å². The highest BCUT2D eigenvalue weighted by Crippen LogP contribution is 2.32. The minimum absolute atomic E-state index is 0.0324. The lowest BCUT2D eigenvalue weighted by Gasteiger charge is -2.35. The minimum atomic E-state index is 0.0324. The molecule has 0 spiro atoms. The van der Waals surface area contributed by atoms with Crippen LogP contribution in [0.2, 0.25) is 0 Å². The molecule has 1 aliphatic rings. The van der Waals surface area contributed by atoms with E-state index in [1.807, 2.05) is 77.4 Å². The van der Waals surface area contributed by atoms with Crippen molar-refractivity contribution in [2.45, 2.75) is 19.8 Å². The van der Waals surface area contributed by atoms with Gasteiger partial charge < -0.3 is 19.5 Å². The van der Waals surface area contributed by atoms with Crippen LogP contribution in [0, 0.1) is 6.92 Å². The van der Waals surface area contributed by atoms with Crippen molar-refractivity contribution < 1.29 is 14.3 Å². The molecule has 36 heavy (non-hydrogen) atoms. The number of aryl methyl sites for hydroxylation is 2. The molecule has 0 radical (unpaired) electrons. The van der Waals surface area contributed by atoms with E-state index in [1.54, 1.807) is 7.11 Å². The zero-order valence-electron chi connectivity index (χ0n) is 20.8. The third kappa shape index (κ3) is 4.85. The van der Waals surface area contributed by atoms with Crippen LogP contribution in [0.3, 0.4) is 0 Å². The summed E-state index contributed by atoms with van der Waals surface area (Å²) in [5.74, 6) is 0.972. The number of rotatable bonds is 6. The maximum absolute atomic E-state index is 13.1. The second-order valence-electron chi connectivity index (χ2n) is 9.29. The molecule has 4 aromatic rings. The third-order valence-corrected chi connectivity index (χ3v) is 7.00. The lowest BCUT2D eigenvalue weighted by atomic mass is 10.0. The van der Waals surface area contributed by atoms with E-state index in [0.29, 0.717) is 44.6 Å². The average Bonchev–Trinajstić information content (AvgIpc) is 3.30. The Morgan fingerprint density at radius 1 is 0.861 bits per heavy atom. The first-order valence-corrected chi connectivity index (χ1v) is 12.4. The molecule has 0 unspecified atom stereocenters. The van der Waals surface area contributed by atoms with Crippen LogP contribution in [0.4, 0.5) is 0 Å². The zero-order chi connectivity index (χ0) is 25.1. The van der Waals surface area contributed by atoms with Gasteiger partial charge in [-0.25, -0.2) is 0 Å². The standard InChI is InChI=1S/C30H31N3O3/c1-21-7-9-23(10-8-21)30(35)33-19-17-32(18-20-33)28(34)16-15-26-25-5-3-4-6-27(25)31-29(26)22-11-13-24(36-2)14-12-22/h3-14,31H,15-20H2,1-2H3. The number of hydrogen-bond donors (Lipinski definition) is 1. The molecule has 1 saturated heterocycles. The van der Waals surface area contributed by atoms with Crippen LogP contribution < -0.4 is 4.74 Å². The summed E-state index contributed by atoms with van der Waals surface area (Å²) in [5.41, 5.74) is 6.15. The van der Waals surface area contributed by atoms with Crippen molar-refractivity contribution >= 4 is 22.7 Å². The van der Waals surface area contributed by atoms with Crippen LogP contribution in [0.1, 0.15) is 27.9 Å². The lowest BCUT2D eigenvalue weighted by molar-refractivity contribution is -0.132. The number of amides is 2. The van der Waals surface area contributed by atoms with Crippen molar-refractivity contribution in [2.75, 3.05) is 33.3 Å². The molecule has 1 aliphatic heterocycles. The third-order valence-electron chi connectivity index (χ3n) is 7.00. The van der Waals surface area contributed by atoms with E-state index in [0.717, 1.165) is 39.0 Å². The maximum atomic E-state index is 13.1. The number of H-pyrrole nitrogens is 1. The summed E-state index contributed by atoms with van der Waals surface area (Å²) in [7, 11) is 1.66. The molecule has 6 heteroatoms. The van der Waals surface area contributed by atoms with Crippen molar-refractivity contribution in [3.8, 4) is 17.0 Å². The Hall–Kier alpha value is -4.06. The van der Waals surface area contributed by atoms with Crippen LogP contribution in [0.15, 0.2) is 72.8 Å². The summed E-state index contributed by atoms with van der Waals surface area (Å²) in [6.45, 7) is 4.26. The number of piperazine rings is 1. The number of ether oxygens (including phenoxy) is 1. The molecule has 1 N–H and O–H groups in total. The Balaban J connectivity index is 1.25. The van der Waals surface area contributed by atoms with E-state index in [9.17, 15) is 9.59 Å². The number of aromatic nitrogens is 1. The van der Waals surface area contributed by atoms with E-state index in [1.165, 1.54) is 0 Å². The molecule has 2 heterocycles. The predicted octanol–water partition coefficient (Wildman–Crippen LogP) is 5.07. The van der Waals surface area contributed by atoms with E-state index in [2.05, 4.69) is 17.1 Å². The van der Waals surface area contributed by atoms with Crippen molar-refractivity contribution in [1.82, 2.24) is 14.8 Å². The number of nitrogens with zero attached hydrogens (tertiary/aromatic N) is 2. The number of methoxy groups -OCH3 is 1. The fourth-order valence-electron chi connectivity index (χ4n) is 4.89. The van der Waals surface area contributed by atoms with Gasteiger partial charge in [-0.15, -0.1) is 0 Å². The van der Waals surface area contributed by atoms with Crippen molar-refractivity contribution in [3.63, 3.8) is 0 Å². The van der Waals surface area contributed by atoms with Gasteiger partial charge in [0.15, 0.2) is 0 Å². The monoisotopic (exact) mass is 481 g/mol. The number of benzene rings is 3. The molecule has 0 aliphatic carbocycles. The largest absolute Gasteiger partial charge is 0.497 e. The molecule has 6 nitrogen and oxygen atoms in total. The van der Waals surface area contributed by atoms with Gasteiger partial charge in [-0.05, 0) is 66.9 Å². The van der Waals surface area contributed by atoms with Gasteiger partial charge in [0.05, 0.1) is 7.11 Å². The van der Waals surface area contributed by atoms with Gasteiger partial charge in [0, 0.05) is 54.8 Å². The molecule has 3 aromatic carbocycles. The quantitative estimate of drug-likeness (QED) is 0.418. The minimum Gasteiger partial charge on any atom is -0.497 e. The summed E-state index contributed by atoms with van der Waals surface area (Å²) in [6, 6.07) is 23.9. The summed E-state index contributed by atoms with van der Waals surface area (Å²) >= 11 is 0. The van der Waals surface area contributed by atoms with Gasteiger partial charge in [-0.3, -0.25) is 9.59 Å². The molecular weight excluding hydrogens is 450 g/mol. The number of nitrogens with one attached hydrogen (secondary N) is 1. The molecule has 5 rings (SSSR count). The van der Waals surface area contributed by atoms with Crippen molar-refractivity contribution in [3.05, 3.63) is 89.5 Å². The normalized spacial score (nSPS) is 13.7. The van der Waals surface area contributed by atoms with Crippen LogP contribution in [0.25, 0.3) is 22.2 Å². The molecule has 1 fully saturated rings. The first kappa shape index (κ1) is 23.7. The predicted molar refractivity (Wildman–Crippen MR) is 142 cm³/mol. The van der Waals surface area contributed by atoms with Gasteiger partial charge in [0.2, 0.25) is 5.91 Å². The zero-order valence-corrected chi connectivity index (χ0v) is 20.8. The number of aromatic amines is 1. The van der Waals surface area contributed by atoms with Crippen LogP contribution in [-0.2, 0) is 11.2 Å². The van der Waals surface area contributed by atoms with E-state index in [-0.39, 0.29) is 11.8 Å². The highest BCUT2D eigenvalue weighted by atomic mass is 16.5. The number of carbonyl (C=O) groups excluding carboxylic acids is 2. The van der Waals surface area contributed by atoms with Gasteiger partial charge in [-0.2, -0.15) is 0 Å². The molecule has 2 amide bonds. The Morgan fingerprint density at radius 3 is 2.22 bits per heavy atom. The van der Waals surface area contributed by atoms with Crippen molar-refractivity contribution in [1.29, 1.82) is 0 Å². The smallest absolute Gasteiger partial charge is 0.253 e. The Morgan fingerprint density at radius 2 is 1.53 bits per heavy atom. The molecule has 0 atom stereocenters. The van der Waals surface area contributed by atoms with Crippen molar-refractivity contribution in [2.24, 2.45) is 0 Å². The lowest BCUT2D eigenvalue weighted by Crippen LogP contribution is -2.50. The molecule has 0 saturated carbocycles. The summed E-state index contributed by atoms with van der Waals surface area (Å²) in [4.78, 5) is 33.2. The van der Waals surface area contributed by atoms with E-state index in [4.69, 9.17) is 4.74 Å². The fourth-order valence-corrected chi connectivity index (χ4v) is 4.89. The first-order valence-electron chi connectivity index (χ1n) is 12.4. The highest BCUT2D eigenvalue weighted by Gasteiger charge is 2.25. The van der Waals surface area contributed by atoms with Crippen LogP contribution >= 0.6 is 0 Å². The van der Waals surface area contributed by atoms with Crippen LogP contribution in [-0.4, -0.2) is 59.9 Å². The van der Waals surface area contributed by atoms with Gasteiger partial charge in [0.25, 0.3) is 5.91 Å².